The first kappa shape index (κ1) is 11.1. The molecule has 1 aromatic carbocycles. The fourth-order valence-corrected chi connectivity index (χ4v) is 1.17. The summed E-state index contributed by atoms with van der Waals surface area (Å²) in [6.07, 6.45) is 0.361. The maximum Gasteiger partial charge on any atom is 0.122 e. The highest BCUT2D eigenvalue weighted by Crippen LogP contribution is 2.19. The molecule has 1 unspecified atom stereocenters. The summed E-state index contributed by atoms with van der Waals surface area (Å²) in [4.78, 5) is 0. The Hall–Kier alpha value is -1.02. The van der Waals surface area contributed by atoms with Crippen molar-refractivity contribution in [3.05, 3.63) is 29.3 Å². The molecule has 78 valence electrons. The topological polar surface area (TPSA) is 29.5 Å². The quantitative estimate of drug-likeness (QED) is 0.797. The lowest BCUT2D eigenvalue weighted by Crippen LogP contribution is -2.16. The van der Waals surface area contributed by atoms with Crippen LogP contribution in [0.1, 0.15) is 24.5 Å². The maximum atomic E-state index is 9.35. The lowest BCUT2D eigenvalue weighted by atomic mass is 10.1. The predicted octanol–water partition coefficient (Wildman–Crippen LogP) is 2.45. The zero-order valence-electron chi connectivity index (χ0n) is 9.08. The molecule has 0 aromatic heterocycles. The van der Waals surface area contributed by atoms with E-state index in [1.807, 2.05) is 32.9 Å². The van der Waals surface area contributed by atoms with Crippen molar-refractivity contribution in [3.63, 3.8) is 0 Å². The van der Waals surface area contributed by atoms with Gasteiger partial charge in [0, 0.05) is 0 Å². The molecule has 1 rings (SSSR count). The molecular weight excluding hydrogens is 176 g/mol. The number of benzene rings is 1. The molecule has 0 fully saturated rings. The Kier molecular flexibility index (Phi) is 3.96. The largest absolute Gasteiger partial charge is 0.491 e. The maximum absolute atomic E-state index is 9.35. The first-order valence-electron chi connectivity index (χ1n) is 5.01. The van der Waals surface area contributed by atoms with Gasteiger partial charge < -0.3 is 9.84 Å². The molecule has 0 heterocycles. The minimum Gasteiger partial charge on any atom is -0.491 e. The van der Waals surface area contributed by atoms with Crippen LogP contribution in [0.25, 0.3) is 0 Å². The number of aliphatic hydroxyl groups excluding tert-OH is 1. The first-order chi connectivity index (χ1) is 6.63. The molecule has 14 heavy (non-hydrogen) atoms. The Balaban J connectivity index is 2.62. The predicted molar refractivity (Wildman–Crippen MR) is 57.7 cm³/mol. The van der Waals surface area contributed by atoms with Crippen LogP contribution >= 0.6 is 0 Å². The lowest BCUT2D eigenvalue weighted by Gasteiger charge is -2.12. The summed E-state index contributed by atoms with van der Waals surface area (Å²) >= 11 is 0. The van der Waals surface area contributed by atoms with E-state index in [0.717, 1.165) is 17.7 Å². The fraction of sp³-hybridized carbons (Fsp3) is 0.500. The monoisotopic (exact) mass is 194 g/mol. The zero-order valence-corrected chi connectivity index (χ0v) is 9.08. The van der Waals surface area contributed by atoms with Gasteiger partial charge in [-0.15, -0.1) is 0 Å². The number of aliphatic hydroxyl groups is 1. The van der Waals surface area contributed by atoms with Crippen LogP contribution < -0.4 is 4.74 Å². The van der Waals surface area contributed by atoms with Gasteiger partial charge >= 0.3 is 0 Å². The highest BCUT2D eigenvalue weighted by atomic mass is 16.5. The molecule has 0 aliphatic heterocycles. The first-order valence-corrected chi connectivity index (χ1v) is 5.01. The van der Waals surface area contributed by atoms with E-state index in [4.69, 9.17) is 4.74 Å². The summed E-state index contributed by atoms with van der Waals surface area (Å²) in [6.45, 7) is 6.35. The molecule has 0 spiro atoms. The van der Waals surface area contributed by atoms with Gasteiger partial charge in [-0.25, -0.2) is 0 Å². The van der Waals surface area contributed by atoms with E-state index in [9.17, 15) is 5.11 Å². The Morgan fingerprint density at radius 1 is 1.36 bits per heavy atom. The molecule has 1 N–H and O–H groups in total. The Morgan fingerprint density at radius 3 is 2.71 bits per heavy atom. The third-order valence-corrected chi connectivity index (χ3v) is 2.25. The van der Waals surface area contributed by atoms with Crippen LogP contribution in [0.4, 0.5) is 0 Å². The molecule has 2 nitrogen and oxygen atoms in total. The molecule has 0 aliphatic rings. The molecule has 0 bridgehead atoms. The highest BCUT2D eigenvalue weighted by Gasteiger charge is 2.04. The van der Waals surface area contributed by atoms with Crippen molar-refractivity contribution < 1.29 is 9.84 Å². The third kappa shape index (κ3) is 3.04. The van der Waals surface area contributed by atoms with Crippen molar-refractivity contribution in [2.75, 3.05) is 6.61 Å². The van der Waals surface area contributed by atoms with E-state index in [1.165, 1.54) is 5.56 Å². The van der Waals surface area contributed by atoms with E-state index in [2.05, 4.69) is 6.07 Å². The van der Waals surface area contributed by atoms with Crippen molar-refractivity contribution in [1.29, 1.82) is 0 Å². The van der Waals surface area contributed by atoms with Gasteiger partial charge in [-0.2, -0.15) is 0 Å². The smallest absolute Gasteiger partial charge is 0.122 e. The fourth-order valence-electron chi connectivity index (χ4n) is 1.17. The van der Waals surface area contributed by atoms with Gasteiger partial charge in [-0.1, -0.05) is 19.1 Å². The Morgan fingerprint density at radius 2 is 2.07 bits per heavy atom. The van der Waals surface area contributed by atoms with Gasteiger partial charge in [0.1, 0.15) is 12.4 Å². The standard InChI is InChI=1S/C12H18O2/c1-4-11(13)8-14-12-7-9(2)5-6-10(12)3/h5-7,11,13H,4,8H2,1-3H3. The van der Waals surface area contributed by atoms with Crippen molar-refractivity contribution >= 4 is 0 Å². The zero-order chi connectivity index (χ0) is 10.6. The van der Waals surface area contributed by atoms with Gasteiger partial charge in [-0.05, 0) is 37.5 Å². The number of hydrogen-bond acceptors (Lipinski definition) is 2. The van der Waals surface area contributed by atoms with Crippen molar-refractivity contribution in [1.82, 2.24) is 0 Å². The van der Waals surface area contributed by atoms with Crippen LogP contribution in [0.3, 0.4) is 0 Å². The normalized spacial score (nSPS) is 12.6. The van der Waals surface area contributed by atoms with E-state index >= 15 is 0 Å². The second kappa shape index (κ2) is 5.01. The second-order valence-corrected chi connectivity index (χ2v) is 3.64. The summed E-state index contributed by atoms with van der Waals surface area (Å²) in [5, 5.41) is 9.35. The summed E-state index contributed by atoms with van der Waals surface area (Å²) in [7, 11) is 0. The summed E-state index contributed by atoms with van der Waals surface area (Å²) < 4.78 is 5.52. The number of aryl methyl sites for hydroxylation is 2. The lowest BCUT2D eigenvalue weighted by molar-refractivity contribution is 0.104. The van der Waals surface area contributed by atoms with Crippen LogP contribution in [0, 0.1) is 13.8 Å². The van der Waals surface area contributed by atoms with Gasteiger partial charge in [0.05, 0.1) is 6.10 Å². The molecule has 1 aromatic rings. The summed E-state index contributed by atoms with van der Waals surface area (Å²) in [6, 6.07) is 6.08. The summed E-state index contributed by atoms with van der Waals surface area (Å²) in [5.74, 6) is 0.873. The van der Waals surface area contributed by atoms with Crippen LogP contribution in [0.5, 0.6) is 5.75 Å². The number of hydrogen-bond donors (Lipinski definition) is 1. The van der Waals surface area contributed by atoms with E-state index in [1.54, 1.807) is 0 Å². The minimum atomic E-state index is -0.366. The average Bonchev–Trinajstić information content (AvgIpc) is 2.19. The van der Waals surface area contributed by atoms with Crippen LogP contribution in [-0.4, -0.2) is 17.8 Å². The number of rotatable bonds is 4. The molecule has 0 saturated carbocycles. The van der Waals surface area contributed by atoms with Gasteiger partial charge in [-0.3, -0.25) is 0 Å². The molecule has 0 aliphatic carbocycles. The SMILES string of the molecule is CCC(O)COc1cc(C)ccc1C. The highest BCUT2D eigenvalue weighted by molar-refractivity contribution is 5.35. The van der Waals surface area contributed by atoms with E-state index in [-0.39, 0.29) is 6.10 Å². The van der Waals surface area contributed by atoms with Crippen LogP contribution in [0.15, 0.2) is 18.2 Å². The van der Waals surface area contributed by atoms with Crippen molar-refractivity contribution in [3.8, 4) is 5.75 Å². The molecule has 0 saturated heterocycles. The Bertz CT molecular complexity index is 294. The van der Waals surface area contributed by atoms with Gasteiger partial charge in [0.2, 0.25) is 0 Å². The van der Waals surface area contributed by atoms with Crippen LogP contribution in [0.2, 0.25) is 0 Å². The molecule has 1 atom stereocenters. The molecular formula is C12H18O2. The number of ether oxygens (including phenoxy) is 1. The Labute approximate surface area is 85.5 Å². The molecule has 2 heteroatoms. The van der Waals surface area contributed by atoms with Gasteiger partial charge in [0.15, 0.2) is 0 Å². The van der Waals surface area contributed by atoms with Crippen molar-refractivity contribution in [2.45, 2.75) is 33.3 Å². The summed E-state index contributed by atoms with van der Waals surface area (Å²) in [5.41, 5.74) is 2.29. The second-order valence-electron chi connectivity index (χ2n) is 3.64. The van der Waals surface area contributed by atoms with E-state index < -0.39 is 0 Å². The minimum absolute atomic E-state index is 0.366. The average molecular weight is 194 g/mol. The van der Waals surface area contributed by atoms with Gasteiger partial charge in [0.25, 0.3) is 0 Å². The third-order valence-electron chi connectivity index (χ3n) is 2.25. The van der Waals surface area contributed by atoms with Crippen LogP contribution in [-0.2, 0) is 0 Å². The molecule has 0 radical (unpaired) electrons. The van der Waals surface area contributed by atoms with Crippen molar-refractivity contribution in [2.24, 2.45) is 0 Å². The molecule has 0 amide bonds. The van der Waals surface area contributed by atoms with E-state index in [0.29, 0.717) is 6.61 Å².